The number of amides is 3. The Bertz CT molecular complexity index is 423. The molecule has 92 valence electrons. The molecule has 0 bridgehead atoms. The summed E-state index contributed by atoms with van der Waals surface area (Å²) in [6.45, 7) is 0.246. The Kier molecular flexibility index (Phi) is 4.59. The number of halogens is 1. The molecule has 3 amide bonds. The lowest BCUT2D eigenvalue weighted by Gasteiger charge is -2.15. The van der Waals surface area contributed by atoms with Gasteiger partial charge in [0, 0.05) is 12.1 Å². The molecule has 5 nitrogen and oxygen atoms in total. The van der Waals surface area contributed by atoms with Crippen LogP contribution in [0, 0.1) is 5.82 Å². The molecule has 17 heavy (non-hydrogen) atoms. The quantitative estimate of drug-likeness (QED) is 0.801. The molecule has 0 saturated heterocycles. The van der Waals surface area contributed by atoms with E-state index < -0.39 is 11.9 Å². The monoisotopic (exact) mass is 239 g/mol. The van der Waals surface area contributed by atoms with Gasteiger partial charge in [-0.2, -0.15) is 0 Å². The number of likely N-dealkylation sites (N-methyl/N-ethyl adjacent to an activating group) is 1. The topological polar surface area (TPSA) is 75.4 Å². The molecule has 0 aromatic heterocycles. The summed E-state index contributed by atoms with van der Waals surface area (Å²) in [5, 5.41) is 1.94. The van der Waals surface area contributed by atoms with Gasteiger partial charge < -0.3 is 5.73 Å². The highest BCUT2D eigenvalue weighted by molar-refractivity contribution is 5.94. The Labute approximate surface area is 98.4 Å². The first-order valence-electron chi connectivity index (χ1n) is 5.00. The van der Waals surface area contributed by atoms with Gasteiger partial charge in [-0.05, 0) is 13.1 Å². The van der Waals surface area contributed by atoms with Crippen LogP contribution in [-0.2, 0) is 11.3 Å². The zero-order valence-electron chi connectivity index (χ0n) is 9.44. The summed E-state index contributed by atoms with van der Waals surface area (Å²) in [4.78, 5) is 23.2. The minimum atomic E-state index is -0.894. The number of hydrogen-bond donors (Lipinski definition) is 2. The number of nitrogens with zero attached hydrogens (tertiary/aromatic N) is 1. The van der Waals surface area contributed by atoms with Crippen LogP contribution in [0.2, 0.25) is 0 Å². The second kappa shape index (κ2) is 5.95. The molecular weight excluding hydrogens is 225 g/mol. The van der Waals surface area contributed by atoms with E-state index >= 15 is 0 Å². The Morgan fingerprint density at radius 2 is 2.06 bits per heavy atom. The highest BCUT2D eigenvalue weighted by Crippen LogP contribution is 2.08. The molecular formula is C11H14FN3O2. The molecule has 0 heterocycles. The molecule has 0 saturated carbocycles. The lowest BCUT2D eigenvalue weighted by atomic mass is 10.2. The molecule has 1 aromatic rings. The first-order chi connectivity index (χ1) is 7.99. The predicted molar refractivity (Wildman–Crippen MR) is 60.5 cm³/mol. The molecule has 0 atom stereocenters. The van der Waals surface area contributed by atoms with Crippen LogP contribution in [0.1, 0.15) is 5.56 Å². The van der Waals surface area contributed by atoms with Gasteiger partial charge in [0.05, 0.1) is 6.54 Å². The van der Waals surface area contributed by atoms with Gasteiger partial charge in [0.2, 0.25) is 5.91 Å². The van der Waals surface area contributed by atoms with Crippen molar-refractivity contribution >= 4 is 11.9 Å². The molecule has 0 fully saturated rings. The number of benzene rings is 1. The Balaban J connectivity index is 2.50. The number of hydrogen-bond acceptors (Lipinski definition) is 3. The molecule has 0 spiro atoms. The van der Waals surface area contributed by atoms with E-state index in [4.69, 9.17) is 5.73 Å². The fraction of sp³-hybridized carbons (Fsp3) is 0.273. The first-order valence-corrected chi connectivity index (χ1v) is 5.00. The van der Waals surface area contributed by atoms with Crippen molar-refractivity contribution in [1.82, 2.24) is 10.2 Å². The van der Waals surface area contributed by atoms with E-state index in [0.29, 0.717) is 5.56 Å². The van der Waals surface area contributed by atoms with E-state index in [1.165, 1.54) is 6.07 Å². The van der Waals surface area contributed by atoms with Crippen LogP contribution in [0.25, 0.3) is 0 Å². The van der Waals surface area contributed by atoms with Crippen LogP contribution in [-0.4, -0.2) is 30.4 Å². The summed E-state index contributed by atoms with van der Waals surface area (Å²) in [5.41, 5.74) is 5.28. The maximum Gasteiger partial charge on any atom is 0.318 e. The molecule has 1 aromatic carbocycles. The molecule has 1 rings (SSSR count). The normalized spacial score (nSPS) is 10.3. The zero-order valence-corrected chi connectivity index (χ0v) is 9.44. The van der Waals surface area contributed by atoms with Crippen molar-refractivity contribution in [1.29, 1.82) is 0 Å². The number of primary amides is 1. The van der Waals surface area contributed by atoms with E-state index in [-0.39, 0.29) is 18.9 Å². The summed E-state index contributed by atoms with van der Waals surface area (Å²) in [5.74, 6) is -0.842. The number of urea groups is 1. The molecule has 3 N–H and O–H groups in total. The lowest BCUT2D eigenvalue weighted by molar-refractivity contribution is -0.120. The number of carbonyl (C=O) groups excluding carboxylic acids is 2. The van der Waals surface area contributed by atoms with Crippen LogP contribution >= 0.6 is 0 Å². The minimum absolute atomic E-state index is 0.0305. The van der Waals surface area contributed by atoms with Crippen LogP contribution in [0.3, 0.4) is 0 Å². The fourth-order valence-electron chi connectivity index (χ4n) is 1.40. The van der Waals surface area contributed by atoms with Crippen molar-refractivity contribution in [3.05, 3.63) is 35.6 Å². The molecule has 6 heteroatoms. The molecule has 0 unspecified atom stereocenters. The SMILES string of the molecule is CN(CC(=O)NC(N)=O)Cc1ccccc1F. The minimum Gasteiger partial charge on any atom is -0.351 e. The summed E-state index contributed by atoms with van der Waals surface area (Å²) >= 11 is 0. The average Bonchev–Trinajstić information content (AvgIpc) is 2.19. The molecule has 0 aliphatic heterocycles. The van der Waals surface area contributed by atoms with Gasteiger partial charge in [-0.25, -0.2) is 9.18 Å². The van der Waals surface area contributed by atoms with Gasteiger partial charge >= 0.3 is 6.03 Å². The maximum absolute atomic E-state index is 13.3. The van der Waals surface area contributed by atoms with Gasteiger partial charge in [0.1, 0.15) is 5.82 Å². The zero-order chi connectivity index (χ0) is 12.8. The van der Waals surface area contributed by atoms with Gasteiger partial charge in [0.15, 0.2) is 0 Å². The van der Waals surface area contributed by atoms with E-state index in [9.17, 15) is 14.0 Å². The van der Waals surface area contributed by atoms with Crippen molar-refractivity contribution in [2.75, 3.05) is 13.6 Å². The predicted octanol–water partition coefficient (Wildman–Crippen LogP) is 0.452. The highest BCUT2D eigenvalue weighted by Gasteiger charge is 2.10. The Morgan fingerprint density at radius 1 is 1.41 bits per heavy atom. The van der Waals surface area contributed by atoms with E-state index in [1.54, 1.807) is 30.1 Å². The van der Waals surface area contributed by atoms with Gasteiger partial charge in [-0.3, -0.25) is 15.0 Å². The second-order valence-corrected chi connectivity index (χ2v) is 3.68. The number of nitrogens with one attached hydrogen (secondary N) is 1. The fourth-order valence-corrected chi connectivity index (χ4v) is 1.40. The number of imide groups is 1. The van der Waals surface area contributed by atoms with E-state index in [1.807, 2.05) is 5.32 Å². The van der Waals surface area contributed by atoms with Crippen molar-refractivity contribution < 1.29 is 14.0 Å². The lowest BCUT2D eigenvalue weighted by Crippen LogP contribution is -2.41. The number of rotatable bonds is 4. The number of carbonyl (C=O) groups is 2. The van der Waals surface area contributed by atoms with Crippen LogP contribution in [0.15, 0.2) is 24.3 Å². The third-order valence-electron chi connectivity index (χ3n) is 2.07. The third-order valence-corrected chi connectivity index (χ3v) is 2.07. The Hall–Kier alpha value is -1.95. The third kappa shape index (κ3) is 4.60. The second-order valence-electron chi connectivity index (χ2n) is 3.68. The maximum atomic E-state index is 13.3. The van der Waals surface area contributed by atoms with Gasteiger partial charge in [-0.15, -0.1) is 0 Å². The van der Waals surface area contributed by atoms with Crippen molar-refractivity contribution in [2.24, 2.45) is 5.73 Å². The summed E-state index contributed by atoms with van der Waals surface area (Å²) in [6.07, 6.45) is 0. The molecule has 0 aliphatic rings. The summed E-state index contributed by atoms with van der Waals surface area (Å²) < 4.78 is 13.3. The van der Waals surface area contributed by atoms with Crippen molar-refractivity contribution in [3.8, 4) is 0 Å². The van der Waals surface area contributed by atoms with Crippen LogP contribution in [0.4, 0.5) is 9.18 Å². The van der Waals surface area contributed by atoms with Gasteiger partial charge in [0.25, 0.3) is 0 Å². The van der Waals surface area contributed by atoms with E-state index in [2.05, 4.69) is 0 Å². The largest absolute Gasteiger partial charge is 0.351 e. The number of nitrogens with two attached hydrogens (primary N) is 1. The van der Waals surface area contributed by atoms with Crippen LogP contribution in [0.5, 0.6) is 0 Å². The molecule has 0 radical (unpaired) electrons. The standard InChI is InChI=1S/C11H14FN3O2/c1-15(7-10(16)14-11(13)17)6-8-4-2-3-5-9(8)12/h2-5H,6-7H2,1H3,(H3,13,14,16,17). The van der Waals surface area contributed by atoms with E-state index in [0.717, 1.165) is 0 Å². The summed E-state index contributed by atoms with van der Waals surface area (Å²) in [7, 11) is 1.65. The Morgan fingerprint density at radius 3 is 2.65 bits per heavy atom. The average molecular weight is 239 g/mol. The van der Waals surface area contributed by atoms with Crippen molar-refractivity contribution in [2.45, 2.75) is 6.54 Å². The van der Waals surface area contributed by atoms with Gasteiger partial charge in [-0.1, -0.05) is 18.2 Å². The smallest absolute Gasteiger partial charge is 0.318 e. The van der Waals surface area contributed by atoms with Crippen molar-refractivity contribution in [3.63, 3.8) is 0 Å². The summed E-state index contributed by atoms with van der Waals surface area (Å²) in [6, 6.07) is 5.41. The first kappa shape index (κ1) is 13.1. The van der Waals surface area contributed by atoms with Crippen LogP contribution < -0.4 is 11.1 Å². The highest BCUT2D eigenvalue weighted by atomic mass is 19.1. The molecule has 0 aliphatic carbocycles.